The van der Waals surface area contributed by atoms with Crippen molar-refractivity contribution < 1.29 is 4.52 Å². The minimum Gasteiger partial charge on any atom is -0.361 e. The highest BCUT2D eigenvalue weighted by Gasteiger charge is 2.11. The normalized spacial score (nSPS) is 12.7. The van der Waals surface area contributed by atoms with Crippen LogP contribution in [0.1, 0.15) is 35.5 Å². The van der Waals surface area contributed by atoms with Crippen molar-refractivity contribution in [2.75, 3.05) is 0 Å². The Bertz CT molecular complexity index is 741. The van der Waals surface area contributed by atoms with Crippen molar-refractivity contribution in [3.05, 3.63) is 65.0 Å². The Morgan fingerprint density at radius 1 is 1.10 bits per heavy atom. The molecule has 3 heteroatoms. The smallest absolute Gasteiger partial charge is 0.138 e. The zero-order chi connectivity index (χ0) is 14.8. The van der Waals surface area contributed by atoms with Crippen LogP contribution < -0.4 is 5.32 Å². The van der Waals surface area contributed by atoms with E-state index in [-0.39, 0.29) is 6.04 Å². The van der Waals surface area contributed by atoms with Gasteiger partial charge in [-0.25, -0.2) is 0 Å². The van der Waals surface area contributed by atoms with Crippen molar-refractivity contribution in [3.8, 4) is 0 Å². The Labute approximate surface area is 125 Å². The third kappa shape index (κ3) is 2.83. The number of aryl methyl sites for hydroxylation is 2. The van der Waals surface area contributed by atoms with Crippen LogP contribution in [0.25, 0.3) is 10.8 Å². The number of hydrogen-bond acceptors (Lipinski definition) is 3. The molecule has 3 aromatic rings. The minimum atomic E-state index is 0.281. The molecule has 0 amide bonds. The maximum Gasteiger partial charge on any atom is 0.138 e. The summed E-state index contributed by atoms with van der Waals surface area (Å²) in [6.45, 7) is 6.89. The molecule has 2 aromatic carbocycles. The van der Waals surface area contributed by atoms with Gasteiger partial charge in [-0.2, -0.15) is 0 Å². The molecule has 1 unspecified atom stereocenters. The quantitative estimate of drug-likeness (QED) is 0.774. The van der Waals surface area contributed by atoms with Gasteiger partial charge in [-0.3, -0.25) is 0 Å². The zero-order valence-electron chi connectivity index (χ0n) is 12.7. The first kappa shape index (κ1) is 13.8. The molecule has 0 saturated carbocycles. The molecule has 3 rings (SSSR count). The van der Waals surface area contributed by atoms with Crippen LogP contribution in [0.4, 0.5) is 0 Å². The van der Waals surface area contributed by atoms with E-state index in [4.69, 9.17) is 4.52 Å². The second kappa shape index (κ2) is 5.70. The van der Waals surface area contributed by atoms with E-state index in [2.05, 4.69) is 59.9 Å². The highest BCUT2D eigenvalue weighted by molar-refractivity contribution is 5.83. The van der Waals surface area contributed by atoms with Gasteiger partial charge in [0.25, 0.3) is 0 Å². The molecule has 1 atom stereocenters. The molecule has 0 spiro atoms. The summed E-state index contributed by atoms with van der Waals surface area (Å²) in [5, 5.41) is 10.1. The van der Waals surface area contributed by atoms with Gasteiger partial charge in [0.1, 0.15) is 5.76 Å². The van der Waals surface area contributed by atoms with Gasteiger partial charge in [-0.1, -0.05) is 41.6 Å². The van der Waals surface area contributed by atoms with Crippen LogP contribution in [0, 0.1) is 13.8 Å². The molecule has 1 aromatic heterocycles. The first-order chi connectivity index (χ1) is 10.1. The number of hydrogen-bond donors (Lipinski definition) is 1. The second-order valence-electron chi connectivity index (χ2n) is 5.51. The van der Waals surface area contributed by atoms with Crippen LogP contribution in [0.5, 0.6) is 0 Å². The largest absolute Gasteiger partial charge is 0.361 e. The summed E-state index contributed by atoms with van der Waals surface area (Å²) in [6, 6.07) is 15.3. The second-order valence-corrected chi connectivity index (χ2v) is 5.51. The average molecular weight is 280 g/mol. The lowest BCUT2D eigenvalue weighted by Gasteiger charge is -2.15. The fourth-order valence-corrected chi connectivity index (χ4v) is 2.60. The first-order valence-electron chi connectivity index (χ1n) is 7.29. The van der Waals surface area contributed by atoms with Gasteiger partial charge in [0.15, 0.2) is 0 Å². The van der Waals surface area contributed by atoms with E-state index in [0.717, 1.165) is 23.6 Å². The standard InChI is InChI=1S/C18H20N2O/c1-12(19-11-18-13(2)20-21-14(18)3)16-9-8-15-6-4-5-7-17(15)10-16/h4-10,12,19H,11H2,1-3H3. The molecular weight excluding hydrogens is 260 g/mol. The van der Waals surface area contributed by atoms with Gasteiger partial charge in [-0.15, -0.1) is 0 Å². The third-order valence-electron chi connectivity index (χ3n) is 4.04. The molecule has 0 bridgehead atoms. The predicted molar refractivity (Wildman–Crippen MR) is 85.2 cm³/mol. The van der Waals surface area contributed by atoms with E-state index in [1.165, 1.54) is 16.3 Å². The van der Waals surface area contributed by atoms with Gasteiger partial charge in [0.2, 0.25) is 0 Å². The van der Waals surface area contributed by atoms with Crippen molar-refractivity contribution in [2.45, 2.75) is 33.4 Å². The van der Waals surface area contributed by atoms with Crippen LogP contribution in [0.2, 0.25) is 0 Å². The van der Waals surface area contributed by atoms with E-state index < -0.39 is 0 Å². The Morgan fingerprint density at radius 3 is 2.57 bits per heavy atom. The summed E-state index contributed by atoms with van der Waals surface area (Å²) in [5.74, 6) is 0.894. The molecule has 3 nitrogen and oxygen atoms in total. The van der Waals surface area contributed by atoms with Crippen molar-refractivity contribution >= 4 is 10.8 Å². The van der Waals surface area contributed by atoms with E-state index in [9.17, 15) is 0 Å². The minimum absolute atomic E-state index is 0.281. The van der Waals surface area contributed by atoms with Crippen molar-refractivity contribution in [3.63, 3.8) is 0 Å². The molecule has 0 aliphatic rings. The van der Waals surface area contributed by atoms with Crippen LogP contribution >= 0.6 is 0 Å². The number of benzene rings is 2. The fraction of sp³-hybridized carbons (Fsp3) is 0.278. The molecule has 108 valence electrons. The van der Waals surface area contributed by atoms with E-state index in [1.54, 1.807) is 0 Å². The lowest BCUT2D eigenvalue weighted by Crippen LogP contribution is -2.18. The highest BCUT2D eigenvalue weighted by Crippen LogP contribution is 2.21. The molecule has 1 N–H and O–H groups in total. The number of nitrogens with one attached hydrogen (secondary N) is 1. The number of nitrogens with zero attached hydrogens (tertiary/aromatic N) is 1. The van der Waals surface area contributed by atoms with Gasteiger partial charge in [0, 0.05) is 18.2 Å². The summed E-state index contributed by atoms with van der Waals surface area (Å²) in [4.78, 5) is 0. The van der Waals surface area contributed by atoms with Gasteiger partial charge in [-0.05, 0) is 43.2 Å². The fourth-order valence-electron chi connectivity index (χ4n) is 2.60. The van der Waals surface area contributed by atoms with E-state index in [0.29, 0.717) is 0 Å². The number of rotatable bonds is 4. The van der Waals surface area contributed by atoms with Gasteiger partial charge in [0.05, 0.1) is 5.69 Å². The molecule has 21 heavy (non-hydrogen) atoms. The maximum atomic E-state index is 5.20. The summed E-state index contributed by atoms with van der Waals surface area (Å²) in [6.07, 6.45) is 0. The number of fused-ring (bicyclic) bond motifs is 1. The molecule has 0 aliphatic carbocycles. The molecule has 0 saturated heterocycles. The van der Waals surface area contributed by atoms with Crippen molar-refractivity contribution in [1.29, 1.82) is 0 Å². The number of aromatic nitrogens is 1. The summed E-state index contributed by atoms with van der Waals surface area (Å²) in [7, 11) is 0. The lowest BCUT2D eigenvalue weighted by atomic mass is 10.0. The Hall–Kier alpha value is -2.13. The van der Waals surface area contributed by atoms with Crippen LogP contribution in [-0.4, -0.2) is 5.16 Å². The van der Waals surface area contributed by atoms with Crippen LogP contribution in [0.15, 0.2) is 47.0 Å². The Morgan fingerprint density at radius 2 is 1.86 bits per heavy atom. The van der Waals surface area contributed by atoms with Gasteiger partial charge >= 0.3 is 0 Å². The Kier molecular flexibility index (Phi) is 3.76. The van der Waals surface area contributed by atoms with Crippen molar-refractivity contribution in [1.82, 2.24) is 10.5 Å². The lowest BCUT2D eigenvalue weighted by molar-refractivity contribution is 0.391. The monoisotopic (exact) mass is 280 g/mol. The average Bonchev–Trinajstić information content (AvgIpc) is 2.83. The SMILES string of the molecule is Cc1noc(C)c1CNC(C)c1ccc2ccccc2c1. The van der Waals surface area contributed by atoms with E-state index in [1.807, 2.05) is 13.8 Å². The summed E-state index contributed by atoms with van der Waals surface area (Å²) >= 11 is 0. The van der Waals surface area contributed by atoms with Crippen LogP contribution in [0.3, 0.4) is 0 Å². The van der Waals surface area contributed by atoms with E-state index >= 15 is 0 Å². The molecule has 0 aliphatic heterocycles. The molecule has 0 fully saturated rings. The topological polar surface area (TPSA) is 38.1 Å². The highest BCUT2D eigenvalue weighted by atomic mass is 16.5. The summed E-state index contributed by atoms with van der Waals surface area (Å²) in [5.41, 5.74) is 3.41. The summed E-state index contributed by atoms with van der Waals surface area (Å²) < 4.78 is 5.20. The molecule has 1 heterocycles. The van der Waals surface area contributed by atoms with Gasteiger partial charge < -0.3 is 9.84 Å². The third-order valence-corrected chi connectivity index (χ3v) is 4.04. The Balaban J connectivity index is 1.76. The predicted octanol–water partition coefficient (Wildman–Crippen LogP) is 4.30. The molecular formula is C18H20N2O. The van der Waals surface area contributed by atoms with Crippen LogP contribution in [-0.2, 0) is 6.54 Å². The maximum absolute atomic E-state index is 5.20. The van der Waals surface area contributed by atoms with Crippen molar-refractivity contribution in [2.24, 2.45) is 0 Å². The first-order valence-corrected chi connectivity index (χ1v) is 7.29. The molecule has 0 radical (unpaired) electrons. The zero-order valence-corrected chi connectivity index (χ0v) is 12.7.